The molecule has 3 rings (SSSR count). The molecule has 1 aromatic carbocycles. The molecule has 0 N–H and O–H groups in total. The normalized spacial score (nSPS) is 27.4. The minimum absolute atomic E-state index is 0. The van der Waals surface area contributed by atoms with Crippen molar-refractivity contribution in [2.45, 2.75) is 63.8 Å². The number of rotatable bonds is 6. The number of hydrogen-bond donors (Lipinski definition) is 0. The molecular formula is C22H33NO5. The summed E-state index contributed by atoms with van der Waals surface area (Å²) in [5.74, 6) is 0.268. The van der Waals surface area contributed by atoms with E-state index >= 15 is 0 Å². The van der Waals surface area contributed by atoms with E-state index in [0.717, 1.165) is 37.7 Å². The minimum atomic E-state index is -0.328. The molecule has 1 heterocycles. The topological polar surface area (TPSA) is 65.1 Å². The zero-order valence-electron chi connectivity index (χ0n) is 16.9. The molecule has 0 bridgehead atoms. The van der Waals surface area contributed by atoms with Crippen LogP contribution in [0.1, 0.15) is 52.4 Å². The maximum atomic E-state index is 12.4. The Kier molecular flexibility index (Phi) is 6.94. The van der Waals surface area contributed by atoms with Gasteiger partial charge in [0, 0.05) is 14.4 Å². The number of amides is 1. The predicted octanol–water partition coefficient (Wildman–Crippen LogP) is 4.17. The first kappa shape index (κ1) is 20.6. The molecule has 6 nitrogen and oxygen atoms in total. The fourth-order valence-electron chi connectivity index (χ4n) is 4.17. The highest BCUT2D eigenvalue weighted by Crippen LogP contribution is 2.34. The zero-order chi connectivity index (χ0) is 20.0. The largest absolute Gasteiger partial charge is 0.469 e. The smallest absolute Gasteiger partial charge is 0.410 e. The number of hydrogen-bond acceptors (Lipinski definition) is 5. The molecule has 0 aromatic heterocycles. The van der Waals surface area contributed by atoms with E-state index < -0.39 is 0 Å². The second-order valence-electron chi connectivity index (χ2n) is 8.20. The van der Waals surface area contributed by atoms with Gasteiger partial charge < -0.3 is 19.1 Å². The number of esters is 1. The highest BCUT2D eigenvalue weighted by atomic mass is 16.6. The third-order valence-corrected chi connectivity index (χ3v) is 5.83. The molecule has 28 heavy (non-hydrogen) atoms. The first-order valence-corrected chi connectivity index (χ1v) is 10.2. The van der Waals surface area contributed by atoms with E-state index in [1.807, 2.05) is 30.3 Å². The molecule has 2 fully saturated rings. The van der Waals surface area contributed by atoms with Gasteiger partial charge in [0.25, 0.3) is 0 Å². The maximum absolute atomic E-state index is 12.4. The zero-order valence-corrected chi connectivity index (χ0v) is 16.9. The van der Waals surface area contributed by atoms with Crippen LogP contribution in [0, 0.1) is 5.92 Å². The number of carbonyl (C=O) groups is 2. The Bertz CT molecular complexity index is 662. The molecule has 0 spiro atoms. The third-order valence-electron chi connectivity index (χ3n) is 5.83. The van der Waals surface area contributed by atoms with Crippen LogP contribution in [0.15, 0.2) is 30.3 Å². The van der Waals surface area contributed by atoms with Gasteiger partial charge in [-0.2, -0.15) is 0 Å². The van der Waals surface area contributed by atoms with Crippen LogP contribution < -0.4 is 0 Å². The highest BCUT2D eigenvalue weighted by molar-refractivity contribution is 5.69. The summed E-state index contributed by atoms with van der Waals surface area (Å²) in [6, 6.07) is 9.70. The van der Waals surface area contributed by atoms with Crippen molar-refractivity contribution in [2.24, 2.45) is 5.92 Å². The number of nitrogens with zero attached hydrogens (tertiary/aromatic N) is 1. The van der Waals surface area contributed by atoms with Gasteiger partial charge in [0.05, 0.1) is 25.4 Å². The van der Waals surface area contributed by atoms with Gasteiger partial charge in [-0.1, -0.05) is 30.3 Å². The van der Waals surface area contributed by atoms with Gasteiger partial charge >= 0.3 is 12.1 Å². The van der Waals surface area contributed by atoms with Crippen molar-refractivity contribution in [3.8, 4) is 0 Å². The van der Waals surface area contributed by atoms with Crippen LogP contribution in [-0.2, 0) is 25.6 Å². The Hall–Kier alpha value is -2.08. The van der Waals surface area contributed by atoms with Crippen LogP contribution in [0.2, 0.25) is 0 Å². The van der Waals surface area contributed by atoms with Crippen molar-refractivity contribution in [3.63, 3.8) is 0 Å². The number of methoxy groups -OCH3 is 1. The first-order valence-electron chi connectivity index (χ1n) is 10.2. The van der Waals surface area contributed by atoms with E-state index in [4.69, 9.17) is 14.2 Å². The van der Waals surface area contributed by atoms with Crippen LogP contribution >= 0.6 is 0 Å². The average molecular weight is 392 g/mol. The molecule has 1 amide bonds. The molecule has 156 valence electrons. The SMILES string of the molecule is COC(=O)CC1CCC(O[C@]2(C)CCN(C(=O)OCc3ccccc3)C2)CC1.[HH]. The van der Waals surface area contributed by atoms with E-state index in [1.54, 1.807) is 4.90 Å². The maximum Gasteiger partial charge on any atom is 0.410 e. The fourth-order valence-corrected chi connectivity index (χ4v) is 4.17. The Morgan fingerprint density at radius 2 is 1.89 bits per heavy atom. The monoisotopic (exact) mass is 391 g/mol. The Balaban J connectivity index is 0.00000300. The van der Waals surface area contributed by atoms with Gasteiger partial charge in [-0.05, 0) is 50.5 Å². The summed E-state index contributed by atoms with van der Waals surface area (Å²) in [4.78, 5) is 25.6. The van der Waals surface area contributed by atoms with Crippen LogP contribution in [0.4, 0.5) is 4.79 Å². The molecule has 1 atom stereocenters. The van der Waals surface area contributed by atoms with Crippen LogP contribution in [0.3, 0.4) is 0 Å². The van der Waals surface area contributed by atoms with Gasteiger partial charge in [-0.3, -0.25) is 4.79 Å². The number of ether oxygens (including phenoxy) is 3. The summed E-state index contributed by atoms with van der Waals surface area (Å²) in [7, 11) is 1.44. The highest BCUT2D eigenvalue weighted by Gasteiger charge is 2.40. The van der Waals surface area contributed by atoms with Gasteiger partial charge in [-0.25, -0.2) is 4.79 Å². The number of benzene rings is 1. The summed E-state index contributed by atoms with van der Waals surface area (Å²) in [5.41, 5.74) is 0.656. The molecule has 0 unspecified atom stereocenters. The summed E-state index contributed by atoms with van der Waals surface area (Å²) >= 11 is 0. The van der Waals surface area contributed by atoms with E-state index in [0.29, 0.717) is 25.4 Å². The third kappa shape index (κ3) is 5.71. The Morgan fingerprint density at radius 3 is 2.57 bits per heavy atom. The second kappa shape index (κ2) is 9.41. The lowest BCUT2D eigenvalue weighted by Gasteiger charge is -2.34. The molecule has 2 aliphatic rings. The first-order chi connectivity index (χ1) is 13.5. The van der Waals surface area contributed by atoms with Gasteiger partial charge in [0.15, 0.2) is 0 Å². The Labute approximate surface area is 168 Å². The fraction of sp³-hybridized carbons (Fsp3) is 0.636. The van der Waals surface area contributed by atoms with E-state index in [-0.39, 0.29) is 31.8 Å². The number of likely N-dealkylation sites (tertiary alicyclic amines) is 1. The van der Waals surface area contributed by atoms with Crippen LogP contribution in [-0.4, -0.2) is 48.9 Å². The van der Waals surface area contributed by atoms with Crippen LogP contribution in [0.5, 0.6) is 0 Å². The lowest BCUT2D eigenvalue weighted by atomic mass is 9.85. The Morgan fingerprint density at radius 1 is 1.18 bits per heavy atom. The molecular weight excluding hydrogens is 358 g/mol. The summed E-state index contributed by atoms with van der Waals surface area (Å²) in [6.45, 7) is 3.58. The van der Waals surface area contributed by atoms with Crippen molar-refractivity contribution in [2.75, 3.05) is 20.2 Å². The van der Waals surface area contributed by atoms with E-state index in [2.05, 4.69) is 6.92 Å². The molecule has 1 saturated carbocycles. The summed E-state index contributed by atoms with van der Waals surface area (Å²) < 4.78 is 16.6. The summed E-state index contributed by atoms with van der Waals surface area (Å²) in [6.07, 6.45) is 5.11. The molecule has 1 aromatic rings. The van der Waals surface area contributed by atoms with Gasteiger partial charge in [-0.15, -0.1) is 0 Å². The van der Waals surface area contributed by atoms with Gasteiger partial charge in [0.1, 0.15) is 6.61 Å². The molecule has 1 aliphatic heterocycles. The lowest BCUT2D eigenvalue weighted by Crippen LogP contribution is -2.40. The van der Waals surface area contributed by atoms with Crippen molar-refractivity contribution in [1.29, 1.82) is 0 Å². The molecule has 1 saturated heterocycles. The minimum Gasteiger partial charge on any atom is -0.469 e. The number of carbonyl (C=O) groups excluding carboxylic acids is 2. The average Bonchev–Trinajstić information content (AvgIpc) is 3.10. The molecule has 1 aliphatic carbocycles. The van der Waals surface area contributed by atoms with Crippen molar-refractivity contribution < 1.29 is 25.2 Å². The predicted molar refractivity (Wildman–Crippen MR) is 107 cm³/mol. The molecule has 6 heteroatoms. The quantitative estimate of drug-likeness (QED) is 0.681. The van der Waals surface area contributed by atoms with Crippen molar-refractivity contribution in [3.05, 3.63) is 35.9 Å². The van der Waals surface area contributed by atoms with Gasteiger partial charge in [0.2, 0.25) is 0 Å². The van der Waals surface area contributed by atoms with Crippen molar-refractivity contribution in [1.82, 2.24) is 4.90 Å². The van der Waals surface area contributed by atoms with Crippen molar-refractivity contribution >= 4 is 12.1 Å². The second-order valence-corrected chi connectivity index (χ2v) is 8.20. The summed E-state index contributed by atoms with van der Waals surface area (Å²) in [5, 5.41) is 0. The lowest BCUT2D eigenvalue weighted by molar-refractivity contribution is -0.142. The molecule has 0 radical (unpaired) electrons. The van der Waals surface area contributed by atoms with Crippen LogP contribution in [0.25, 0.3) is 0 Å². The van der Waals surface area contributed by atoms with E-state index in [1.165, 1.54) is 7.11 Å². The van der Waals surface area contributed by atoms with E-state index in [9.17, 15) is 9.59 Å². The standard InChI is InChI=1S/C22H31NO5.H2/c1-22(28-19-10-8-17(9-11-19)14-20(24)26-2)12-13-23(16-22)21(25)27-15-18-6-4-3-5-7-18;/h3-7,17,19H,8-16H2,1-2H3;1H/t17?,19?,22-;/m1./s1.